The number of aliphatic hydroxyl groups is 1. The number of nitrogens with one attached hydrogen (secondary N) is 1. The highest BCUT2D eigenvalue weighted by atomic mass is 35.5. The average Bonchev–Trinajstić information content (AvgIpc) is 2.55. The number of aromatic hydroxyl groups is 1. The number of likely N-dealkylation sites (N-methyl/N-ethyl adjacent to an activating group) is 1. The Kier molecular flexibility index (Phi) is 18.2. The number of carboxylic acid groups (broad SMARTS) is 1. The van der Waals surface area contributed by atoms with E-state index < -0.39 is 12.1 Å². The van der Waals surface area contributed by atoms with E-state index in [1.165, 1.54) is 32.1 Å². The first kappa shape index (κ1) is 25.9. The van der Waals surface area contributed by atoms with Gasteiger partial charge >= 0.3 is 5.97 Å². The van der Waals surface area contributed by atoms with Crippen molar-refractivity contribution in [2.24, 2.45) is 0 Å². The number of carboxylic acids is 1. The van der Waals surface area contributed by atoms with Crippen LogP contribution < -0.4 is 5.32 Å². The zero-order valence-corrected chi connectivity index (χ0v) is 16.2. The maximum Gasteiger partial charge on any atom is 0.303 e. The summed E-state index contributed by atoms with van der Waals surface area (Å²) in [5, 5.41) is 29.7. The van der Waals surface area contributed by atoms with Crippen molar-refractivity contribution in [3.05, 3.63) is 29.8 Å². The van der Waals surface area contributed by atoms with Crippen LogP contribution in [0.2, 0.25) is 0 Å². The second-order valence-corrected chi connectivity index (χ2v) is 5.93. The number of hydrogen-bond acceptors (Lipinski definition) is 4. The quantitative estimate of drug-likeness (QED) is 0.433. The van der Waals surface area contributed by atoms with Crippen LogP contribution in [0, 0.1) is 0 Å². The fourth-order valence-electron chi connectivity index (χ4n) is 2.24. The van der Waals surface area contributed by atoms with Crippen LogP contribution in [0.15, 0.2) is 24.3 Å². The van der Waals surface area contributed by atoms with Crippen molar-refractivity contribution in [1.29, 1.82) is 0 Å². The minimum Gasteiger partial charge on any atom is -0.508 e. The normalized spacial score (nSPS) is 11.0. The van der Waals surface area contributed by atoms with Gasteiger partial charge in [-0.1, -0.05) is 57.6 Å². The Bertz CT molecular complexity index is 426. The maximum atomic E-state index is 10.1. The van der Waals surface area contributed by atoms with Crippen molar-refractivity contribution in [2.75, 3.05) is 13.6 Å². The van der Waals surface area contributed by atoms with E-state index in [9.17, 15) is 9.90 Å². The van der Waals surface area contributed by atoms with Crippen LogP contribution >= 0.6 is 12.4 Å². The first-order valence-corrected chi connectivity index (χ1v) is 8.84. The zero-order valence-electron chi connectivity index (χ0n) is 15.4. The lowest BCUT2D eigenvalue weighted by Gasteiger charge is -2.09. The van der Waals surface area contributed by atoms with E-state index in [-0.39, 0.29) is 18.2 Å². The molecular weight excluding hydrogens is 342 g/mol. The van der Waals surface area contributed by atoms with Crippen molar-refractivity contribution in [3.63, 3.8) is 0 Å². The standard InChI is InChI=1S/C10H20O2.C9H13NO2.ClH/c1-2-3-4-5-6-7-8-9-10(11)12;1-10-6-9(12)7-2-4-8(11)5-3-7;/h2-9H2,1H3,(H,11,12);2-5,9-12H,6H2,1H3;1H. The molecule has 0 heterocycles. The molecule has 4 N–H and O–H groups in total. The van der Waals surface area contributed by atoms with Gasteiger partial charge in [0.25, 0.3) is 0 Å². The largest absolute Gasteiger partial charge is 0.508 e. The molecule has 0 aromatic heterocycles. The van der Waals surface area contributed by atoms with Crippen molar-refractivity contribution in [2.45, 2.75) is 64.4 Å². The second-order valence-electron chi connectivity index (χ2n) is 5.93. The molecule has 0 saturated carbocycles. The maximum absolute atomic E-state index is 10.1. The Morgan fingerprint density at radius 2 is 1.56 bits per heavy atom. The Balaban J connectivity index is 0. The fraction of sp³-hybridized carbons (Fsp3) is 0.632. The van der Waals surface area contributed by atoms with E-state index in [1.807, 2.05) is 0 Å². The molecule has 0 aliphatic heterocycles. The van der Waals surface area contributed by atoms with Gasteiger partial charge in [-0.05, 0) is 31.2 Å². The molecule has 0 spiro atoms. The zero-order chi connectivity index (χ0) is 18.2. The molecule has 0 aliphatic carbocycles. The molecule has 5 nitrogen and oxygen atoms in total. The monoisotopic (exact) mass is 375 g/mol. The molecule has 1 unspecified atom stereocenters. The molecular formula is C19H34ClNO4. The van der Waals surface area contributed by atoms with E-state index in [0.29, 0.717) is 13.0 Å². The molecule has 1 atom stereocenters. The van der Waals surface area contributed by atoms with Crippen molar-refractivity contribution in [1.82, 2.24) is 5.32 Å². The number of phenols is 1. The predicted octanol–water partition coefficient (Wildman–Crippen LogP) is 4.28. The summed E-state index contributed by atoms with van der Waals surface area (Å²) < 4.78 is 0. The Hall–Kier alpha value is -1.30. The van der Waals surface area contributed by atoms with E-state index in [2.05, 4.69) is 12.2 Å². The predicted molar refractivity (Wildman–Crippen MR) is 104 cm³/mol. The topological polar surface area (TPSA) is 89.8 Å². The van der Waals surface area contributed by atoms with Gasteiger partial charge in [0.2, 0.25) is 0 Å². The lowest BCUT2D eigenvalue weighted by molar-refractivity contribution is -0.137. The van der Waals surface area contributed by atoms with Gasteiger partial charge in [0, 0.05) is 13.0 Å². The summed E-state index contributed by atoms with van der Waals surface area (Å²) in [4.78, 5) is 10.1. The van der Waals surface area contributed by atoms with Gasteiger partial charge in [-0.3, -0.25) is 4.79 Å². The van der Waals surface area contributed by atoms with Gasteiger partial charge in [0.1, 0.15) is 5.75 Å². The summed E-state index contributed by atoms with van der Waals surface area (Å²) in [6.45, 7) is 2.72. The van der Waals surface area contributed by atoms with Crippen LogP contribution in [0.1, 0.15) is 70.0 Å². The summed E-state index contributed by atoms with van der Waals surface area (Å²) in [7, 11) is 1.78. The highest BCUT2D eigenvalue weighted by molar-refractivity contribution is 5.85. The number of aliphatic carboxylic acids is 1. The van der Waals surface area contributed by atoms with Crippen LogP contribution in [0.5, 0.6) is 5.75 Å². The molecule has 1 aromatic carbocycles. The van der Waals surface area contributed by atoms with E-state index >= 15 is 0 Å². The minimum absolute atomic E-state index is 0. The van der Waals surface area contributed by atoms with Crippen molar-refractivity contribution in [3.8, 4) is 5.75 Å². The Morgan fingerprint density at radius 1 is 1.04 bits per heavy atom. The third-order valence-electron chi connectivity index (χ3n) is 3.67. The van der Waals surface area contributed by atoms with E-state index in [0.717, 1.165) is 18.4 Å². The number of phenolic OH excluding ortho intramolecular Hbond substituents is 1. The minimum atomic E-state index is -0.663. The number of benzene rings is 1. The van der Waals surface area contributed by atoms with Crippen molar-refractivity contribution >= 4 is 18.4 Å². The first-order chi connectivity index (χ1) is 11.5. The number of hydrogen-bond donors (Lipinski definition) is 4. The highest BCUT2D eigenvalue weighted by Gasteiger charge is 2.04. The van der Waals surface area contributed by atoms with Crippen LogP contribution in [0.4, 0.5) is 0 Å². The lowest BCUT2D eigenvalue weighted by atomic mass is 10.1. The summed E-state index contributed by atoms with van der Waals surface area (Å²) >= 11 is 0. The molecule has 6 heteroatoms. The molecule has 1 rings (SSSR count). The van der Waals surface area contributed by atoms with Crippen LogP contribution in [0.3, 0.4) is 0 Å². The second kappa shape index (κ2) is 17.5. The van der Waals surface area contributed by atoms with Gasteiger partial charge in [0.05, 0.1) is 6.10 Å². The third-order valence-corrected chi connectivity index (χ3v) is 3.67. The molecule has 0 amide bonds. The van der Waals surface area contributed by atoms with Crippen LogP contribution in [-0.4, -0.2) is 34.9 Å². The third kappa shape index (κ3) is 15.9. The Morgan fingerprint density at radius 3 is 2.04 bits per heavy atom. The molecule has 1 aromatic rings. The van der Waals surface area contributed by atoms with E-state index in [1.54, 1.807) is 31.3 Å². The molecule has 146 valence electrons. The van der Waals surface area contributed by atoms with Crippen LogP contribution in [-0.2, 0) is 4.79 Å². The highest BCUT2D eigenvalue weighted by Crippen LogP contribution is 2.15. The summed E-state index contributed by atoms with van der Waals surface area (Å²) in [6.07, 6.45) is 8.14. The molecule has 0 saturated heterocycles. The lowest BCUT2D eigenvalue weighted by Crippen LogP contribution is -2.16. The van der Waals surface area contributed by atoms with Crippen molar-refractivity contribution < 1.29 is 20.1 Å². The number of halogens is 1. The molecule has 0 bridgehead atoms. The van der Waals surface area contributed by atoms with Crippen LogP contribution in [0.25, 0.3) is 0 Å². The van der Waals surface area contributed by atoms with Gasteiger partial charge in [0.15, 0.2) is 0 Å². The molecule has 0 aliphatic rings. The number of unbranched alkanes of at least 4 members (excludes halogenated alkanes) is 6. The number of aliphatic hydroxyl groups excluding tert-OH is 1. The smallest absolute Gasteiger partial charge is 0.303 e. The molecule has 0 radical (unpaired) electrons. The summed E-state index contributed by atoms with van der Waals surface area (Å²) in [6, 6.07) is 6.54. The van der Waals surface area contributed by atoms with Gasteiger partial charge < -0.3 is 20.6 Å². The number of rotatable bonds is 11. The van der Waals surface area contributed by atoms with Gasteiger partial charge in [-0.2, -0.15) is 0 Å². The first-order valence-electron chi connectivity index (χ1n) is 8.84. The average molecular weight is 376 g/mol. The SMILES string of the molecule is CCCCCCCCCC(=O)O.CNCC(O)c1ccc(O)cc1.Cl. The molecule has 25 heavy (non-hydrogen) atoms. The Labute approximate surface area is 157 Å². The number of carbonyl (C=O) groups is 1. The molecule has 0 fully saturated rings. The fourth-order valence-corrected chi connectivity index (χ4v) is 2.24. The van der Waals surface area contributed by atoms with Gasteiger partial charge in [-0.15, -0.1) is 12.4 Å². The summed E-state index contributed by atoms with van der Waals surface area (Å²) in [5.74, 6) is -0.445. The van der Waals surface area contributed by atoms with E-state index in [4.69, 9.17) is 10.2 Å². The summed E-state index contributed by atoms with van der Waals surface area (Å²) in [5.41, 5.74) is 0.808. The van der Waals surface area contributed by atoms with Gasteiger partial charge in [-0.25, -0.2) is 0 Å².